The van der Waals surface area contributed by atoms with Gasteiger partial charge in [0.05, 0.1) is 17.1 Å². The fourth-order valence-electron chi connectivity index (χ4n) is 2.16. The van der Waals surface area contributed by atoms with Crippen LogP contribution in [0.5, 0.6) is 0 Å². The minimum atomic E-state index is 0.184. The molecule has 2 rings (SSSR count). The van der Waals surface area contributed by atoms with E-state index in [1.807, 2.05) is 6.07 Å². The fourth-order valence-corrected chi connectivity index (χ4v) is 6.64. The van der Waals surface area contributed by atoms with Crippen molar-refractivity contribution in [1.29, 1.82) is 0 Å². The molecule has 0 N–H and O–H groups in total. The topological polar surface area (TPSA) is 17.1 Å². The molecule has 0 aliphatic rings. The normalized spacial score (nSPS) is 13.1. The lowest BCUT2D eigenvalue weighted by atomic mass is 9.94. The van der Waals surface area contributed by atoms with Crippen LogP contribution in [0.4, 0.5) is 0 Å². The molecule has 0 amide bonds. The van der Waals surface area contributed by atoms with E-state index in [0.717, 1.165) is 43.5 Å². The molecule has 1 atom stereocenters. The number of hydrogen-bond donors (Lipinski definition) is 0. The Balaban J connectivity index is 2.27. The van der Waals surface area contributed by atoms with Crippen LogP contribution >= 0.6 is 54.5 Å². The second-order valence-corrected chi connectivity index (χ2v) is 9.32. The SMILES string of the molecule is CCCC[C@H](CC)C(=O)c1cc2c(Br)sc(Br)c2s1. The van der Waals surface area contributed by atoms with Gasteiger partial charge in [-0.05, 0) is 50.8 Å². The Kier molecular flexibility index (Phi) is 5.64. The quantitative estimate of drug-likeness (QED) is 0.462. The summed E-state index contributed by atoms with van der Waals surface area (Å²) >= 11 is 10.4. The number of unbranched alkanes of at least 4 members (excludes halogenated alkanes) is 1. The third-order valence-corrected chi connectivity index (χ3v) is 7.45. The lowest BCUT2D eigenvalue weighted by Crippen LogP contribution is -2.12. The number of rotatable bonds is 6. The lowest BCUT2D eigenvalue weighted by molar-refractivity contribution is 0.0912. The molecule has 19 heavy (non-hydrogen) atoms. The average molecular weight is 424 g/mol. The molecule has 104 valence electrons. The monoisotopic (exact) mass is 422 g/mol. The van der Waals surface area contributed by atoms with Crippen molar-refractivity contribution in [2.24, 2.45) is 5.92 Å². The van der Waals surface area contributed by atoms with Crippen LogP contribution in [0.15, 0.2) is 13.6 Å². The van der Waals surface area contributed by atoms with Gasteiger partial charge in [-0.25, -0.2) is 0 Å². The minimum absolute atomic E-state index is 0.184. The lowest BCUT2D eigenvalue weighted by Gasteiger charge is -2.11. The Labute approximate surface area is 138 Å². The number of fused-ring (bicyclic) bond motifs is 1. The molecule has 2 heterocycles. The first-order chi connectivity index (χ1) is 9.08. The van der Waals surface area contributed by atoms with Gasteiger partial charge in [0, 0.05) is 11.3 Å². The van der Waals surface area contributed by atoms with Crippen LogP contribution in [-0.2, 0) is 0 Å². The van der Waals surface area contributed by atoms with E-state index in [-0.39, 0.29) is 5.92 Å². The third kappa shape index (κ3) is 3.31. The summed E-state index contributed by atoms with van der Waals surface area (Å²) in [6, 6.07) is 2.04. The molecule has 0 spiro atoms. The van der Waals surface area contributed by atoms with E-state index in [1.54, 1.807) is 22.7 Å². The van der Waals surface area contributed by atoms with Gasteiger partial charge in [-0.3, -0.25) is 4.79 Å². The van der Waals surface area contributed by atoms with Crippen molar-refractivity contribution in [1.82, 2.24) is 0 Å². The molecule has 2 aromatic heterocycles. The predicted molar refractivity (Wildman–Crippen MR) is 92.7 cm³/mol. The molecule has 0 bridgehead atoms. The molecule has 0 saturated heterocycles. The van der Waals surface area contributed by atoms with E-state index in [0.29, 0.717) is 5.78 Å². The number of thiophene rings is 2. The highest BCUT2D eigenvalue weighted by molar-refractivity contribution is 9.12. The number of Topliss-reactive ketones (excluding diaryl/α,β-unsaturated/α-hetero) is 1. The summed E-state index contributed by atoms with van der Waals surface area (Å²) in [6.07, 6.45) is 4.24. The zero-order valence-electron chi connectivity index (χ0n) is 11.0. The van der Waals surface area contributed by atoms with Crippen LogP contribution in [0.3, 0.4) is 0 Å². The molecule has 0 radical (unpaired) electrons. The average Bonchev–Trinajstić information content (AvgIpc) is 2.93. The first-order valence-electron chi connectivity index (χ1n) is 6.50. The zero-order chi connectivity index (χ0) is 14.0. The summed E-state index contributed by atoms with van der Waals surface area (Å²) in [7, 11) is 0. The molecular formula is C14H16Br2OS2. The fraction of sp³-hybridized carbons (Fsp3) is 0.500. The summed E-state index contributed by atoms with van der Waals surface area (Å²) in [6.45, 7) is 4.28. The Morgan fingerprint density at radius 3 is 2.58 bits per heavy atom. The molecule has 0 aromatic carbocycles. The predicted octanol–water partition coefficient (Wildman–Crippen LogP) is 6.89. The van der Waals surface area contributed by atoms with Crippen LogP contribution in [0.25, 0.3) is 10.1 Å². The van der Waals surface area contributed by atoms with Gasteiger partial charge in [0.2, 0.25) is 0 Å². The molecule has 2 aromatic rings. The van der Waals surface area contributed by atoms with Crippen molar-refractivity contribution in [2.75, 3.05) is 0 Å². The van der Waals surface area contributed by atoms with Gasteiger partial charge in [0.15, 0.2) is 5.78 Å². The van der Waals surface area contributed by atoms with Crippen molar-refractivity contribution in [2.45, 2.75) is 39.5 Å². The van der Waals surface area contributed by atoms with Crippen LogP contribution in [-0.4, -0.2) is 5.78 Å². The van der Waals surface area contributed by atoms with Crippen LogP contribution in [0.1, 0.15) is 49.2 Å². The van der Waals surface area contributed by atoms with Gasteiger partial charge in [0.25, 0.3) is 0 Å². The standard InChI is InChI=1S/C14H16Br2OS2/c1-3-5-6-8(4-2)11(17)10-7-9-12(18-10)14(16)19-13(9)15/h7-8H,3-6H2,1-2H3/t8-/m0/s1. The molecule has 0 aliphatic heterocycles. The summed E-state index contributed by atoms with van der Waals surface area (Å²) < 4.78 is 3.40. The van der Waals surface area contributed by atoms with Crippen molar-refractivity contribution < 1.29 is 4.79 Å². The van der Waals surface area contributed by atoms with Gasteiger partial charge in [-0.2, -0.15) is 0 Å². The molecule has 5 heteroatoms. The van der Waals surface area contributed by atoms with E-state index < -0.39 is 0 Å². The van der Waals surface area contributed by atoms with E-state index >= 15 is 0 Å². The van der Waals surface area contributed by atoms with E-state index in [4.69, 9.17) is 0 Å². The summed E-state index contributed by atoms with van der Waals surface area (Å²) in [5.74, 6) is 0.505. The highest BCUT2D eigenvalue weighted by atomic mass is 79.9. The smallest absolute Gasteiger partial charge is 0.175 e. The number of halogens is 2. The van der Waals surface area contributed by atoms with Crippen LogP contribution in [0.2, 0.25) is 0 Å². The Bertz CT molecular complexity index is 551. The molecule has 0 unspecified atom stereocenters. The Hall–Kier alpha value is 0.290. The largest absolute Gasteiger partial charge is 0.293 e. The maximum Gasteiger partial charge on any atom is 0.175 e. The second-order valence-electron chi connectivity index (χ2n) is 4.61. The number of hydrogen-bond acceptors (Lipinski definition) is 3. The Morgan fingerprint density at radius 2 is 2.00 bits per heavy atom. The van der Waals surface area contributed by atoms with Gasteiger partial charge in [-0.15, -0.1) is 22.7 Å². The molecule has 0 fully saturated rings. The number of ketones is 1. The highest BCUT2D eigenvalue weighted by Crippen LogP contribution is 2.44. The van der Waals surface area contributed by atoms with Gasteiger partial charge in [0.1, 0.15) is 0 Å². The number of carbonyl (C=O) groups is 1. The van der Waals surface area contributed by atoms with Crippen molar-refractivity contribution >= 4 is 70.4 Å². The summed E-state index contributed by atoms with van der Waals surface area (Å²) in [4.78, 5) is 13.5. The first kappa shape index (κ1) is 15.7. The Morgan fingerprint density at radius 1 is 1.26 bits per heavy atom. The van der Waals surface area contributed by atoms with Crippen molar-refractivity contribution in [3.63, 3.8) is 0 Å². The highest BCUT2D eigenvalue weighted by Gasteiger charge is 2.22. The van der Waals surface area contributed by atoms with E-state index in [9.17, 15) is 4.79 Å². The number of carbonyl (C=O) groups excluding carboxylic acids is 1. The van der Waals surface area contributed by atoms with Gasteiger partial charge in [-0.1, -0.05) is 26.7 Å². The van der Waals surface area contributed by atoms with Crippen molar-refractivity contribution in [3.8, 4) is 0 Å². The molecule has 0 saturated carbocycles. The van der Waals surface area contributed by atoms with Crippen LogP contribution in [0, 0.1) is 5.92 Å². The second kappa shape index (κ2) is 6.83. The minimum Gasteiger partial charge on any atom is -0.293 e. The molecule has 1 nitrogen and oxygen atoms in total. The first-order valence-corrected chi connectivity index (χ1v) is 9.71. The van der Waals surface area contributed by atoms with Gasteiger partial charge < -0.3 is 0 Å². The van der Waals surface area contributed by atoms with E-state index in [2.05, 4.69) is 45.7 Å². The maximum absolute atomic E-state index is 12.6. The molecular weight excluding hydrogens is 408 g/mol. The van der Waals surface area contributed by atoms with E-state index in [1.165, 1.54) is 4.70 Å². The van der Waals surface area contributed by atoms with Gasteiger partial charge >= 0.3 is 0 Å². The zero-order valence-corrected chi connectivity index (χ0v) is 15.8. The maximum atomic E-state index is 12.6. The summed E-state index contributed by atoms with van der Waals surface area (Å²) in [5, 5.41) is 1.16. The van der Waals surface area contributed by atoms with Crippen molar-refractivity contribution in [3.05, 3.63) is 18.5 Å². The van der Waals surface area contributed by atoms with Crippen LogP contribution < -0.4 is 0 Å². The molecule has 0 aliphatic carbocycles. The third-order valence-electron chi connectivity index (χ3n) is 3.31. The summed E-state index contributed by atoms with van der Waals surface area (Å²) in [5.41, 5.74) is 0.